The summed E-state index contributed by atoms with van der Waals surface area (Å²) in [4.78, 5) is 0. The van der Waals surface area contributed by atoms with E-state index >= 15 is 0 Å². The van der Waals surface area contributed by atoms with Crippen LogP contribution in [0.3, 0.4) is 0 Å². The lowest BCUT2D eigenvalue weighted by Crippen LogP contribution is -2.02. The van der Waals surface area contributed by atoms with Gasteiger partial charge in [0.15, 0.2) is 0 Å². The van der Waals surface area contributed by atoms with Crippen LogP contribution in [0.15, 0.2) is 54.7 Å². The summed E-state index contributed by atoms with van der Waals surface area (Å²) in [5, 5.41) is 4.59. The van der Waals surface area contributed by atoms with Crippen molar-refractivity contribution in [3.05, 3.63) is 71.5 Å². The van der Waals surface area contributed by atoms with Crippen molar-refractivity contribution in [2.24, 2.45) is 0 Å². The molecule has 0 atom stereocenters. The molecule has 0 radical (unpaired) electrons. The van der Waals surface area contributed by atoms with Crippen LogP contribution in [0, 0.1) is 13.8 Å². The standard InChI is InChI=1S/C20H22N2/c1-14(2)19-10-9-18(17-7-5-15(3)6-8-17)13-20(19)22-12-11-16(4)21-22/h5-14H,1-4H3. The summed E-state index contributed by atoms with van der Waals surface area (Å²) in [6, 6.07) is 17.4. The minimum Gasteiger partial charge on any atom is -0.240 e. The van der Waals surface area contributed by atoms with Gasteiger partial charge < -0.3 is 0 Å². The molecule has 3 aromatic rings. The Morgan fingerprint density at radius 1 is 0.864 bits per heavy atom. The first kappa shape index (κ1) is 14.6. The molecule has 0 aliphatic heterocycles. The van der Waals surface area contributed by atoms with Crippen LogP contribution in [0.4, 0.5) is 0 Å². The summed E-state index contributed by atoms with van der Waals surface area (Å²) < 4.78 is 1.99. The Labute approximate surface area is 132 Å². The fourth-order valence-electron chi connectivity index (χ4n) is 2.71. The third-order valence-electron chi connectivity index (χ3n) is 4.01. The Hall–Kier alpha value is -2.35. The molecule has 2 heteroatoms. The fourth-order valence-corrected chi connectivity index (χ4v) is 2.71. The lowest BCUT2D eigenvalue weighted by molar-refractivity contribution is 0.802. The highest BCUT2D eigenvalue weighted by Gasteiger charge is 2.11. The molecule has 0 saturated carbocycles. The van der Waals surface area contributed by atoms with Crippen molar-refractivity contribution < 1.29 is 0 Å². The molecule has 0 fully saturated rings. The first-order chi connectivity index (χ1) is 10.5. The molecule has 3 rings (SSSR count). The zero-order valence-corrected chi connectivity index (χ0v) is 13.7. The molecule has 0 bridgehead atoms. The summed E-state index contributed by atoms with van der Waals surface area (Å²) in [6.45, 7) is 8.58. The molecule has 22 heavy (non-hydrogen) atoms. The van der Waals surface area contributed by atoms with E-state index in [0.29, 0.717) is 5.92 Å². The predicted octanol–water partition coefficient (Wildman–Crippen LogP) is 5.28. The van der Waals surface area contributed by atoms with Gasteiger partial charge in [0, 0.05) is 6.20 Å². The van der Waals surface area contributed by atoms with E-state index in [4.69, 9.17) is 0 Å². The zero-order chi connectivity index (χ0) is 15.7. The van der Waals surface area contributed by atoms with Gasteiger partial charge in [-0.2, -0.15) is 5.10 Å². The van der Waals surface area contributed by atoms with Crippen LogP contribution in [0.25, 0.3) is 16.8 Å². The van der Waals surface area contributed by atoms with Gasteiger partial charge in [-0.05, 0) is 48.6 Å². The molecule has 0 N–H and O–H groups in total. The van der Waals surface area contributed by atoms with Gasteiger partial charge in [-0.3, -0.25) is 0 Å². The zero-order valence-electron chi connectivity index (χ0n) is 13.7. The maximum atomic E-state index is 4.59. The van der Waals surface area contributed by atoms with Crippen molar-refractivity contribution in [1.82, 2.24) is 9.78 Å². The summed E-state index contributed by atoms with van der Waals surface area (Å²) in [6.07, 6.45) is 2.04. The minimum absolute atomic E-state index is 0.464. The van der Waals surface area contributed by atoms with Crippen molar-refractivity contribution in [3.8, 4) is 16.8 Å². The predicted molar refractivity (Wildman–Crippen MR) is 92.6 cm³/mol. The number of nitrogens with zero attached hydrogens (tertiary/aromatic N) is 2. The average Bonchev–Trinajstić information content (AvgIpc) is 2.94. The van der Waals surface area contributed by atoms with Crippen LogP contribution in [0.5, 0.6) is 0 Å². The molecule has 0 aliphatic rings. The molecule has 112 valence electrons. The maximum Gasteiger partial charge on any atom is 0.0686 e. The first-order valence-electron chi connectivity index (χ1n) is 7.78. The van der Waals surface area contributed by atoms with Crippen LogP contribution < -0.4 is 0 Å². The number of rotatable bonds is 3. The van der Waals surface area contributed by atoms with Gasteiger partial charge in [0.2, 0.25) is 0 Å². The second kappa shape index (κ2) is 5.80. The second-order valence-electron chi connectivity index (χ2n) is 6.20. The van der Waals surface area contributed by atoms with Gasteiger partial charge in [-0.25, -0.2) is 4.68 Å². The fraction of sp³-hybridized carbons (Fsp3) is 0.250. The molecule has 0 aliphatic carbocycles. The summed E-state index contributed by atoms with van der Waals surface area (Å²) in [5.74, 6) is 0.464. The second-order valence-corrected chi connectivity index (χ2v) is 6.20. The van der Waals surface area contributed by atoms with Gasteiger partial charge in [0.05, 0.1) is 11.4 Å². The number of aromatic nitrogens is 2. The van der Waals surface area contributed by atoms with E-state index in [-0.39, 0.29) is 0 Å². The topological polar surface area (TPSA) is 17.8 Å². The number of benzene rings is 2. The first-order valence-corrected chi connectivity index (χ1v) is 7.78. The third-order valence-corrected chi connectivity index (χ3v) is 4.01. The molecular weight excluding hydrogens is 268 g/mol. The van der Waals surface area contributed by atoms with E-state index in [9.17, 15) is 0 Å². The molecule has 0 spiro atoms. The maximum absolute atomic E-state index is 4.59. The van der Waals surface area contributed by atoms with Gasteiger partial charge in [-0.1, -0.05) is 55.8 Å². The summed E-state index contributed by atoms with van der Waals surface area (Å²) >= 11 is 0. The molecule has 1 heterocycles. The largest absolute Gasteiger partial charge is 0.240 e. The van der Waals surface area contributed by atoms with E-state index in [1.54, 1.807) is 0 Å². The number of aryl methyl sites for hydroxylation is 2. The van der Waals surface area contributed by atoms with Gasteiger partial charge >= 0.3 is 0 Å². The highest BCUT2D eigenvalue weighted by molar-refractivity contribution is 5.67. The van der Waals surface area contributed by atoms with Crippen molar-refractivity contribution in [2.75, 3.05) is 0 Å². The SMILES string of the molecule is Cc1ccc(-c2ccc(C(C)C)c(-n3ccc(C)n3)c2)cc1. The Balaban J connectivity index is 2.13. The van der Waals surface area contributed by atoms with Crippen LogP contribution >= 0.6 is 0 Å². The number of hydrogen-bond acceptors (Lipinski definition) is 1. The molecule has 2 aromatic carbocycles. The number of hydrogen-bond donors (Lipinski definition) is 0. The van der Waals surface area contributed by atoms with Crippen molar-refractivity contribution >= 4 is 0 Å². The van der Waals surface area contributed by atoms with E-state index in [1.165, 1.54) is 27.9 Å². The van der Waals surface area contributed by atoms with Crippen molar-refractivity contribution in [1.29, 1.82) is 0 Å². The highest BCUT2D eigenvalue weighted by Crippen LogP contribution is 2.29. The van der Waals surface area contributed by atoms with Gasteiger partial charge in [0.25, 0.3) is 0 Å². The molecule has 0 unspecified atom stereocenters. The van der Waals surface area contributed by atoms with Crippen molar-refractivity contribution in [2.45, 2.75) is 33.6 Å². The van der Waals surface area contributed by atoms with E-state index in [1.807, 2.05) is 23.9 Å². The van der Waals surface area contributed by atoms with Crippen molar-refractivity contribution in [3.63, 3.8) is 0 Å². The molecule has 1 aromatic heterocycles. The van der Waals surface area contributed by atoms with Crippen LogP contribution in [0.1, 0.15) is 36.6 Å². The van der Waals surface area contributed by atoms with Gasteiger partial charge in [-0.15, -0.1) is 0 Å². The minimum atomic E-state index is 0.464. The molecule has 0 amide bonds. The van der Waals surface area contributed by atoms with E-state index in [2.05, 4.69) is 68.3 Å². The Morgan fingerprint density at radius 3 is 2.14 bits per heavy atom. The third kappa shape index (κ3) is 2.82. The Morgan fingerprint density at radius 2 is 1.55 bits per heavy atom. The Bertz CT molecular complexity index is 780. The van der Waals surface area contributed by atoms with E-state index < -0.39 is 0 Å². The average molecular weight is 290 g/mol. The monoisotopic (exact) mass is 290 g/mol. The van der Waals surface area contributed by atoms with E-state index in [0.717, 1.165) is 5.69 Å². The molecule has 0 saturated heterocycles. The Kier molecular flexibility index (Phi) is 3.84. The molecular formula is C20H22N2. The highest BCUT2D eigenvalue weighted by atomic mass is 15.3. The smallest absolute Gasteiger partial charge is 0.0686 e. The summed E-state index contributed by atoms with van der Waals surface area (Å²) in [5.41, 5.74) is 7.28. The summed E-state index contributed by atoms with van der Waals surface area (Å²) in [7, 11) is 0. The van der Waals surface area contributed by atoms with Crippen LogP contribution in [-0.2, 0) is 0 Å². The lowest BCUT2D eigenvalue weighted by atomic mass is 9.96. The normalized spacial score (nSPS) is 11.1. The van der Waals surface area contributed by atoms with Gasteiger partial charge in [0.1, 0.15) is 0 Å². The van der Waals surface area contributed by atoms with Crippen LogP contribution in [0.2, 0.25) is 0 Å². The lowest BCUT2D eigenvalue weighted by Gasteiger charge is -2.15. The van der Waals surface area contributed by atoms with Crippen LogP contribution in [-0.4, -0.2) is 9.78 Å². The quantitative estimate of drug-likeness (QED) is 0.641. The molecule has 2 nitrogen and oxygen atoms in total.